The third-order valence-electron chi connectivity index (χ3n) is 0.745. The van der Waals surface area contributed by atoms with Crippen LogP contribution in [0, 0.1) is 0 Å². The van der Waals surface area contributed by atoms with E-state index in [-0.39, 0.29) is 0 Å². The fraction of sp³-hybridized carbons (Fsp3) is 0.750. The number of rotatable bonds is 2. The fourth-order valence-corrected chi connectivity index (χ4v) is 0.110. The van der Waals surface area contributed by atoms with Crippen molar-refractivity contribution in [3.8, 4) is 0 Å². The topological polar surface area (TPSA) is 51.4 Å². The Labute approximate surface area is 42.3 Å². The SMILES string of the molecule is C[N-]C(C)C(=O)O. The van der Waals surface area contributed by atoms with Crippen LogP contribution < -0.4 is 0 Å². The fourth-order valence-electron chi connectivity index (χ4n) is 0.110. The van der Waals surface area contributed by atoms with Crippen LogP contribution in [0.4, 0.5) is 0 Å². The second-order valence-electron chi connectivity index (χ2n) is 1.27. The molecule has 0 fully saturated rings. The van der Waals surface area contributed by atoms with Crippen LogP contribution in [-0.2, 0) is 4.79 Å². The summed E-state index contributed by atoms with van der Waals surface area (Å²) < 4.78 is 0. The van der Waals surface area contributed by atoms with Gasteiger partial charge in [0.05, 0.1) is 0 Å². The Hall–Kier alpha value is -0.570. The van der Waals surface area contributed by atoms with E-state index >= 15 is 0 Å². The number of carboxylic acids is 1. The van der Waals surface area contributed by atoms with Gasteiger partial charge in [-0.2, -0.15) is 7.05 Å². The Bertz CT molecular complexity index is 72.1. The summed E-state index contributed by atoms with van der Waals surface area (Å²) in [6, 6.07) is -0.556. The molecule has 0 aliphatic rings. The van der Waals surface area contributed by atoms with Crippen LogP contribution in [0.15, 0.2) is 0 Å². The first-order valence-electron chi connectivity index (χ1n) is 2.00. The summed E-state index contributed by atoms with van der Waals surface area (Å²) in [5.41, 5.74) is 0. The minimum atomic E-state index is -0.873. The van der Waals surface area contributed by atoms with Gasteiger partial charge < -0.3 is 10.4 Å². The summed E-state index contributed by atoms with van der Waals surface area (Å²) in [5.74, 6) is -0.873. The first kappa shape index (κ1) is 6.43. The second-order valence-corrected chi connectivity index (χ2v) is 1.27. The number of aliphatic carboxylic acids is 1. The zero-order valence-electron chi connectivity index (χ0n) is 4.38. The number of carboxylic acid groups (broad SMARTS) is 1. The van der Waals surface area contributed by atoms with Crippen molar-refractivity contribution in [1.29, 1.82) is 0 Å². The quantitative estimate of drug-likeness (QED) is 0.550. The molecule has 0 aliphatic heterocycles. The molecule has 3 nitrogen and oxygen atoms in total. The van der Waals surface area contributed by atoms with E-state index in [1.807, 2.05) is 0 Å². The average Bonchev–Trinajstić information content (AvgIpc) is 1.65. The molecule has 0 saturated heterocycles. The van der Waals surface area contributed by atoms with E-state index in [1.165, 1.54) is 14.0 Å². The lowest BCUT2D eigenvalue weighted by atomic mass is 10.4. The molecule has 0 bridgehead atoms. The highest BCUT2D eigenvalue weighted by atomic mass is 16.4. The van der Waals surface area contributed by atoms with Crippen LogP contribution >= 0.6 is 0 Å². The molecule has 0 saturated carbocycles. The van der Waals surface area contributed by atoms with Crippen LogP contribution in [0.25, 0.3) is 5.32 Å². The van der Waals surface area contributed by atoms with E-state index in [9.17, 15) is 4.79 Å². The van der Waals surface area contributed by atoms with Gasteiger partial charge in [-0.05, 0) is 6.04 Å². The molecule has 1 atom stereocenters. The summed E-state index contributed by atoms with van der Waals surface area (Å²) in [7, 11) is 1.48. The smallest absolute Gasteiger partial charge is 0.285 e. The molecule has 42 valence electrons. The predicted octanol–water partition coefficient (Wildman–Crippen LogP) is 0.463. The van der Waals surface area contributed by atoms with Crippen molar-refractivity contribution in [2.24, 2.45) is 0 Å². The van der Waals surface area contributed by atoms with Crippen LogP contribution in [0.2, 0.25) is 0 Å². The Kier molecular flexibility index (Phi) is 2.37. The molecule has 0 heterocycles. The first-order valence-corrected chi connectivity index (χ1v) is 2.00. The summed E-state index contributed by atoms with van der Waals surface area (Å²) >= 11 is 0. The van der Waals surface area contributed by atoms with Gasteiger partial charge in [-0.3, -0.25) is 4.79 Å². The molecule has 0 aromatic carbocycles. The highest BCUT2D eigenvalue weighted by molar-refractivity contribution is 5.75. The molecule has 1 N–H and O–H groups in total. The minimum Gasteiger partial charge on any atom is -0.653 e. The molecule has 0 spiro atoms. The van der Waals surface area contributed by atoms with Gasteiger partial charge in [0.1, 0.15) is 0 Å². The highest BCUT2D eigenvalue weighted by Gasteiger charge is 1.93. The molecule has 0 radical (unpaired) electrons. The Morgan fingerprint density at radius 2 is 2.29 bits per heavy atom. The second kappa shape index (κ2) is 2.58. The van der Waals surface area contributed by atoms with Crippen molar-refractivity contribution in [1.82, 2.24) is 0 Å². The predicted molar refractivity (Wildman–Crippen MR) is 26.4 cm³/mol. The molecule has 0 aromatic heterocycles. The largest absolute Gasteiger partial charge is 0.653 e. The van der Waals surface area contributed by atoms with Gasteiger partial charge in [-0.25, -0.2) is 0 Å². The van der Waals surface area contributed by atoms with Gasteiger partial charge in [0.25, 0.3) is 5.97 Å². The third kappa shape index (κ3) is 2.17. The molecular weight excluding hydrogens is 94.0 g/mol. The number of hydrogen-bond donors (Lipinski definition) is 1. The Morgan fingerprint density at radius 3 is 2.29 bits per heavy atom. The summed E-state index contributed by atoms with van der Waals surface area (Å²) in [6.45, 7) is 1.53. The van der Waals surface area contributed by atoms with Crippen molar-refractivity contribution >= 4 is 5.97 Å². The zero-order valence-corrected chi connectivity index (χ0v) is 4.38. The maximum Gasteiger partial charge on any atom is 0.285 e. The van der Waals surface area contributed by atoms with Gasteiger partial charge in [0.15, 0.2) is 0 Å². The lowest BCUT2D eigenvalue weighted by molar-refractivity contribution is -0.137. The number of nitrogens with zero attached hydrogens (tertiary/aromatic N) is 1. The van der Waals surface area contributed by atoms with E-state index in [4.69, 9.17) is 5.11 Å². The van der Waals surface area contributed by atoms with E-state index in [0.717, 1.165) is 0 Å². The average molecular weight is 102 g/mol. The zero-order chi connectivity index (χ0) is 5.86. The third-order valence-corrected chi connectivity index (χ3v) is 0.745. The molecule has 0 amide bonds. The molecule has 0 rings (SSSR count). The van der Waals surface area contributed by atoms with Crippen molar-refractivity contribution in [3.05, 3.63) is 5.32 Å². The van der Waals surface area contributed by atoms with Crippen molar-refractivity contribution < 1.29 is 9.90 Å². The molecule has 1 unspecified atom stereocenters. The molecule has 0 aromatic rings. The van der Waals surface area contributed by atoms with Gasteiger partial charge in [-0.15, -0.1) is 0 Å². The van der Waals surface area contributed by atoms with E-state index in [2.05, 4.69) is 5.32 Å². The van der Waals surface area contributed by atoms with E-state index < -0.39 is 12.0 Å². The standard InChI is InChI=1S/C4H8NO2/c1-3(5-2)4(6)7/h3H,1-2H3,(H,6,7)/q-1. The van der Waals surface area contributed by atoms with Crippen LogP contribution in [0.5, 0.6) is 0 Å². The highest BCUT2D eigenvalue weighted by Crippen LogP contribution is 1.91. The molecular formula is C4H8NO2-. The van der Waals surface area contributed by atoms with Crippen LogP contribution in [-0.4, -0.2) is 24.2 Å². The number of likely N-dealkylation sites (N-methyl/N-ethyl adjacent to an activating group) is 1. The molecule has 3 heteroatoms. The van der Waals surface area contributed by atoms with Gasteiger partial charge in [0, 0.05) is 0 Å². The maximum absolute atomic E-state index is 9.84. The Balaban J connectivity index is 3.34. The molecule has 0 aliphatic carbocycles. The summed E-state index contributed by atoms with van der Waals surface area (Å²) in [5, 5.41) is 11.6. The van der Waals surface area contributed by atoms with E-state index in [0.29, 0.717) is 0 Å². The normalized spacial score (nSPS) is 13.4. The summed E-state index contributed by atoms with van der Waals surface area (Å²) in [6.07, 6.45) is 0. The van der Waals surface area contributed by atoms with Gasteiger partial charge in [0.2, 0.25) is 0 Å². The van der Waals surface area contributed by atoms with Crippen molar-refractivity contribution in [2.75, 3.05) is 7.05 Å². The lowest BCUT2D eigenvalue weighted by Gasteiger charge is -2.15. The van der Waals surface area contributed by atoms with Gasteiger partial charge >= 0.3 is 0 Å². The number of hydrogen-bond acceptors (Lipinski definition) is 1. The van der Waals surface area contributed by atoms with Crippen molar-refractivity contribution in [2.45, 2.75) is 13.0 Å². The van der Waals surface area contributed by atoms with Crippen LogP contribution in [0.1, 0.15) is 6.92 Å². The minimum absolute atomic E-state index is 0.556. The first-order chi connectivity index (χ1) is 3.18. The molecule has 7 heavy (non-hydrogen) atoms. The monoisotopic (exact) mass is 102 g/mol. The maximum atomic E-state index is 9.84. The van der Waals surface area contributed by atoms with Gasteiger partial charge in [-0.1, -0.05) is 6.92 Å². The van der Waals surface area contributed by atoms with E-state index in [1.54, 1.807) is 0 Å². The Morgan fingerprint density at radius 1 is 1.86 bits per heavy atom. The van der Waals surface area contributed by atoms with Crippen molar-refractivity contribution in [3.63, 3.8) is 0 Å². The summed E-state index contributed by atoms with van der Waals surface area (Å²) in [4.78, 5) is 9.84. The number of carbonyl (C=O) groups is 1. The lowest BCUT2D eigenvalue weighted by Crippen LogP contribution is -2.12. The van der Waals surface area contributed by atoms with Crippen LogP contribution in [0.3, 0.4) is 0 Å².